The van der Waals surface area contributed by atoms with Gasteiger partial charge >= 0.3 is 0 Å². The van der Waals surface area contributed by atoms with Gasteiger partial charge in [0.05, 0.1) is 6.20 Å². The molecule has 0 spiro atoms. The molecule has 1 amide bonds. The second-order valence-corrected chi connectivity index (χ2v) is 7.47. The molecule has 1 aromatic heterocycles. The Hall–Kier alpha value is -3.48. The average molecular weight is 376 g/mol. The molecule has 0 aliphatic carbocycles. The van der Waals surface area contributed by atoms with E-state index in [0.717, 1.165) is 11.4 Å². The molecule has 0 bridgehead atoms. The van der Waals surface area contributed by atoms with Crippen molar-refractivity contribution >= 4 is 34.7 Å². The third-order valence-corrected chi connectivity index (χ3v) is 4.00. The predicted octanol–water partition coefficient (Wildman–Crippen LogP) is 4.61. The molecule has 0 atom stereocenters. The van der Waals surface area contributed by atoms with Crippen LogP contribution >= 0.6 is 0 Å². The number of anilines is 5. The molecule has 7 nitrogen and oxygen atoms in total. The van der Waals surface area contributed by atoms with Crippen molar-refractivity contribution in [2.24, 2.45) is 0 Å². The van der Waals surface area contributed by atoms with E-state index in [1.54, 1.807) is 12.3 Å². The van der Waals surface area contributed by atoms with Crippen LogP contribution in [0.5, 0.6) is 0 Å². The Kier molecular flexibility index (Phi) is 5.54. The molecule has 3 N–H and O–H groups in total. The highest BCUT2D eigenvalue weighted by atomic mass is 16.1. The molecule has 1 heterocycles. The molecule has 0 fully saturated rings. The maximum Gasteiger partial charge on any atom is 0.249 e. The lowest BCUT2D eigenvalue weighted by molar-refractivity contribution is -0.114. The van der Waals surface area contributed by atoms with Gasteiger partial charge in [-0.25, -0.2) is 0 Å². The highest BCUT2D eigenvalue weighted by Crippen LogP contribution is 2.30. The fourth-order valence-electron chi connectivity index (χ4n) is 2.81. The Labute approximate surface area is 164 Å². The van der Waals surface area contributed by atoms with Crippen molar-refractivity contribution in [1.29, 1.82) is 0 Å². The molecule has 0 aliphatic heterocycles. The van der Waals surface area contributed by atoms with Gasteiger partial charge in [-0.15, -0.1) is 5.10 Å². The highest BCUT2D eigenvalue weighted by Gasteiger charge is 2.17. The lowest BCUT2D eigenvalue weighted by atomic mass is 9.86. The summed E-state index contributed by atoms with van der Waals surface area (Å²) < 4.78 is 0. The van der Waals surface area contributed by atoms with Crippen LogP contribution in [0.25, 0.3) is 0 Å². The van der Waals surface area contributed by atoms with Crippen molar-refractivity contribution in [3.05, 3.63) is 60.3 Å². The smallest absolute Gasteiger partial charge is 0.249 e. The number of nitrogens with one attached hydrogen (secondary N) is 3. The summed E-state index contributed by atoms with van der Waals surface area (Å²) in [6.45, 7) is 7.97. The summed E-state index contributed by atoms with van der Waals surface area (Å²) in [5, 5.41) is 17.3. The zero-order chi connectivity index (χ0) is 20.1. The van der Waals surface area contributed by atoms with E-state index in [4.69, 9.17) is 0 Å². The van der Waals surface area contributed by atoms with E-state index >= 15 is 0 Å². The Morgan fingerprint density at radius 1 is 0.964 bits per heavy atom. The minimum atomic E-state index is -0.126. The van der Waals surface area contributed by atoms with Crippen LogP contribution < -0.4 is 16.0 Å². The SMILES string of the molecule is CC(=O)Nc1cccc(Nc2nncc(Nc3ccccc3C(C)(C)C)n2)c1. The highest BCUT2D eigenvalue weighted by molar-refractivity contribution is 5.89. The average Bonchev–Trinajstić information content (AvgIpc) is 2.61. The Morgan fingerprint density at radius 2 is 1.71 bits per heavy atom. The quantitative estimate of drug-likeness (QED) is 0.602. The third kappa shape index (κ3) is 5.03. The standard InChI is InChI=1S/C21H24N6O/c1-14(28)23-15-8-7-9-16(12-15)24-20-26-19(13-22-27-20)25-18-11-6-5-10-17(18)21(2,3)4/h5-13H,1-4H3,(H,23,28)(H2,24,25,26,27). The van der Waals surface area contributed by atoms with Gasteiger partial charge in [0, 0.05) is 24.0 Å². The van der Waals surface area contributed by atoms with Crippen molar-refractivity contribution in [1.82, 2.24) is 15.2 Å². The second-order valence-electron chi connectivity index (χ2n) is 7.47. The summed E-state index contributed by atoms with van der Waals surface area (Å²) >= 11 is 0. The van der Waals surface area contributed by atoms with Gasteiger partial charge in [0.1, 0.15) is 0 Å². The first-order valence-corrected chi connectivity index (χ1v) is 9.02. The monoisotopic (exact) mass is 376 g/mol. The minimum Gasteiger partial charge on any atom is -0.339 e. The van der Waals surface area contributed by atoms with Crippen LogP contribution in [0.2, 0.25) is 0 Å². The Morgan fingerprint density at radius 3 is 2.46 bits per heavy atom. The number of nitrogens with zero attached hydrogens (tertiary/aromatic N) is 3. The molecule has 0 saturated carbocycles. The van der Waals surface area contributed by atoms with Gasteiger partial charge < -0.3 is 16.0 Å². The number of aromatic nitrogens is 3. The molecular weight excluding hydrogens is 352 g/mol. The van der Waals surface area contributed by atoms with Crippen LogP contribution in [0.3, 0.4) is 0 Å². The molecule has 7 heteroatoms. The summed E-state index contributed by atoms with van der Waals surface area (Å²) in [6, 6.07) is 15.5. The van der Waals surface area contributed by atoms with Gasteiger partial charge in [-0.3, -0.25) is 4.79 Å². The molecule has 3 aromatic rings. The summed E-state index contributed by atoms with van der Waals surface area (Å²) in [5.41, 5.74) is 3.61. The van der Waals surface area contributed by atoms with Crippen LogP contribution in [0, 0.1) is 0 Å². The first-order chi connectivity index (χ1) is 13.3. The van der Waals surface area contributed by atoms with Crippen molar-refractivity contribution in [2.45, 2.75) is 33.1 Å². The molecule has 0 radical (unpaired) electrons. The van der Waals surface area contributed by atoms with Crippen LogP contribution in [-0.4, -0.2) is 21.1 Å². The Bertz CT molecular complexity index is 980. The van der Waals surface area contributed by atoms with Gasteiger partial charge in [-0.05, 0) is 35.2 Å². The van der Waals surface area contributed by atoms with E-state index in [0.29, 0.717) is 17.5 Å². The number of amides is 1. The molecule has 0 aliphatic rings. The number of benzene rings is 2. The summed E-state index contributed by atoms with van der Waals surface area (Å²) in [5.74, 6) is 0.823. The number of para-hydroxylation sites is 1. The van der Waals surface area contributed by atoms with Crippen LogP contribution in [0.15, 0.2) is 54.7 Å². The van der Waals surface area contributed by atoms with Crippen molar-refractivity contribution in [3.63, 3.8) is 0 Å². The second kappa shape index (κ2) is 8.04. The van der Waals surface area contributed by atoms with E-state index in [9.17, 15) is 4.79 Å². The van der Waals surface area contributed by atoms with E-state index < -0.39 is 0 Å². The first-order valence-electron chi connectivity index (χ1n) is 9.02. The summed E-state index contributed by atoms with van der Waals surface area (Å²) in [7, 11) is 0. The van der Waals surface area contributed by atoms with Crippen LogP contribution in [0.1, 0.15) is 33.3 Å². The molecule has 28 heavy (non-hydrogen) atoms. The number of carbonyl (C=O) groups is 1. The van der Waals surface area contributed by atoms with E-state index in [1.165, 1.54) is 12.5 Å². The van der Waals surface area contributed by atoms with Crippen molar-refractivity contribution in [3.8, 4) is 0 Å². The van der Waals surface area contributed by atoms with E-state index in [-0.39, 0.29) is 11.3 Å². The van der Waals surface area contributed by atoms with Crippen LogP contribution in [0.4, 0.5) is 28.8 Å². The van der Waals surface area contributed by atoms with Gasteiger partial charge in [-0.1, -0.05) is 45.0 Å². The van der Waals surface area contributed by atoms with E-state index in [2.05, 4.69) is 58.0 Å². The normalized spacial score (nSPS) is 11.0. The zero-order valence-electron chi connectivity index (χ0n) is 16.4. The first kappa shape index (κ1) is 19.3. The third-order valence-electron chi connectivity index (χ3n) is 4.00. The summed E-state index contributed by atoms with van der Waals surface area (Å²) in [6.07, 6.45) is 1.58. The lowest BCUT2D eigenvalue weighted by Crippen LogP contribution is -2.14. The van der Waals surface area contributed by atoms with Gasteiger partial charge in [0.15, 0.2) is 5.82 Å². The topological polar surface area (TPSA) is 91.8 Å². The molecule has 2 aromatic carbocycles. The number of carbonyl (C=O) groups excluding carboxylic acids is 1. The Balaban J connectivity index is 1.80. The maximum atomic E-state index is 11.2. The minimum absolute atomic E-state index is 0.00468. The lowest BCUT2D eigenvalue weighted by Gasteiger charge is -2.23. The summed E-state index contributed by atoms with van der Waals surface area (Å²) in [4.78, 5) is 15.7. The number of hydrogen-bond donors (Lipinski definition) is 3. The fourth-order valence-corrected chi connectivity index (χ4v) is 2.81. The number of hydrogen-bond acceptors (Lipinski definition) is 6. The van der Waals surface area contributed by atoms with Gasteiger partial charge in [0.2, 0.25) is 11.9 Å². The molecule has 0 unspecified atom stereocenters. The fraction of sp³-hybridized carbons (Fsp3) is 0.238. The molecule has 144 valence electrons. The molecule has 3 rings (SSSR count). The van der Waals surface area contributed by atoms with E-state index in [1.807, 2.05) is 36.4 Å². The van der Waals surface area contributed by atoms with Crippen LogP contribution in [-0.2, 0) is 10.2 Å². The number of rotatable bonds is 5. The van der Waals surface area contributed by atoms with Crippen molar-refractivity contribution < 1.29 is 4.79 Å². The van der Waals surface area contributed by atoms with Gasteiger partial charge in [0.25, 0.3) is 0 Å². The van der Waals surface area contributed by atoms with Crippen molar-refractivity contribution in [2.75, 3.05) is 16.0 Å². The zero-order valence-corrected chi connectivity index (χ0v) is 16.4. The van der Waals surface area contributed by atoms with Gasteiger partial charge in [-0.2, -0.15) is 10.1 Å². The molecular formula is C21H24N6O. The maximum absolute atomic E-state index is 11.2. The largest absolute Gasteiger partial charge is 0.339 e. The molecule has 0 saturated heterocycles. The predicted molar refractivity (Wildman–Crippen MR) is 112 cm³/mol.